The van der Waals surface area contributed by atoms with Gasteiger partial charge in [-0.2, -0.15) is 0 Å². The number of thiophene rings is 1. The van der Waals surface area contributed by atoms with Crippen molar-refractivity contribution in [2.45, 2.75) is 49.8 Å². The number of halogens is 3. The first-order valence-corrected chi connectivity index (χ1v) is 9.57. The van der Waals surface area contributed by atoms with Crippen LogP contribution in [0, 0.1) is 5.92 Å². The molecule has 0 N–H and O–H groups in total. The van der Waals surface area contributed by atoms with E-state index in [4.69, 9.17) is 0 Å². The van der Waals surface area contributed by atoms with Crippen LogP contribution >= 0.6 is 59.1 Å². The second-order valence-corrected chi connectivity index (χ2v) is 9.70. The number of rotatable bonds is 3. The van der Waals surface area contributed by atoms with Gasteiger partial charge in [-0.3, -0.25) is 0 Å². The van der Waals surface area contributed by atoms with Crippen LogP contribution in [0.2, 0.25) is 0 Å². The zero-order valence-corrected chi connectivity index (χ0v) is 15.3. The molecule has 0 aliphatic heterocycles. The minimum atomic E-state index is 0.502. The summed E-state index contributed by atoms with van der Waals surface area (Å²) in [5.41, 5.74) is 1.41. The van der Waals surface area contributed by atoms with Crippen molar-refractivity contribution >= 4 is 59.1 Å². The van der Waals surface area contributed by atoms with Crippen molar-refractivity contribution in [3.05, 3.63) is 19.2 Å². The van der Waals surface area contributed by atoms with Crippen molar-refractivity contribution in [1.29, 1.82) is 0 Å². The lowest BCUT2D eigenvalue weighted by atomic mass is 9.93. The predicted octanol–water partition coefficient (Wildman–Crippen LogP) is 7.07. The van der Waals surface area contributed by atoms with Gasteiger partial charge in [-0.15, -0.1) is 11.3 Å². The third-order valence-electron chi connectivity index (χ3n) is 3.54. The highest BCUT2D eigenvalue weighted by Gasteiger charge is 2.20. The molecule has 1 fully saturated rings. The van der Waals surface area contributed by atoms with E-state index in [9.17, 15) is 0 Å². The maximum Gasteiger partial charge on any atom is 0.0753 e. The highest BCUT2D eigenvalue weighted by molar-refractivity contribution is 9.12. The van der Waals surface area contributed by atoms with Crippen LogP contribution in [-0.4, -0.2) is 0 Å². The Labute approximate surface area is 133 Å². The molecule has 0 bridgehead atoms. The molecule has 0 nitrogen and oxygen atoms in total. The topological polar surface area (TPSA) is 0 Å². The van der Waals surface area contributed by atoms with Crippen LogP contribution in [-0.2, 0) is 0 Å². The summed E-state index contributed by atoms with van der Waals surface area (Å²) < 4.78 is 2.48. The van der Waals surface area contributed by atoms with Gasteiger partial charge in [0, 0.05) is 4.83 Å². The van der Waals surface area contributed by atoms with Gasteiger partial charge in [-0.25, -0.2) is 0 Å². The zero-order valence-electron chi connectivity index (χ0n) is 9.72. The van der Waals surface area contributed by atoms with E-state index in [0.29, 0.717) is 4.83 Å². The van der Waals surface area contributed by atoms with Gasteiger partial charge in [0.1, 0.15) is 0 Å². The lowest BCUT2D eigenvalue weighted by molar-refractivity contribution is 0.427. The Bertz CT molecular complexity index is 354. The van der Waals surface area contributed by atoms with E-state index in [1.807, 2.05) is 0 Å². The van der Waals surface area contributed by atoms with Crippen molar-refractivity contribution < 1.29 is 0 Å². The summed E-state index contributed by atoms with van der Waals surface area (Å²) in [6, 6.07) is 2.24. The maximum absolute atomic E-state index is 3.87. The van der Waals surface area contributed by atoms with E-state index in [-0.39, 0.29) is 0 Å². The molecule has 96 valence electrons. The normalized spacial score (nSPS) is 20.2. The fourth-order valence-corrected chi connectivity index (χ4v) is 6.91. The molecule has 4 heteroatoms. The fourth-order valence-electron chi connectivity index (χ4n) is 2.59. The molecule has 0 aromatic carbocycles. The number of hydrogen-bond acceptors (Lipinski definition) is 1. The molecule has 1 unspecified atom stereocenters. The predicted molar refractivity (Wildman–Crippen MR) is 87.2 cm³/mol. The van der Waals surface area contributed by atoms with Crippen LogP contribution in [0.4, 0.5) is 0 Å². The number of alkyl halides is 1. The maximum atomic E-state index is 3.87. The second kappa shape index (κ2) is 7.06. The molecule has 1 saturated carbocycles. The SMILES string of the molecule is Brc1cc(C(Br)CC2CCCCCC2)c(Br)s1. The summed E-state index contributed by atoms with van der Waals surface area (Å²) in [7, 11) is 0. The van der Waals surface area contributed by atoms with Gasteiger partial charge in [0.15, 0.2) is 0 Å². The van der Waals surface area contributed by atoms with E-state index >= 15 is 0 Å². The van der Waals surface area contributed by atoms with Crippen LogP contribution < -0.4 is 0 Å². The average molecular weight is 445 g/mol. The van der Waals surface area contributed by atoms with Gasteiger partial charge in [-0.1, -0.05) is 54.5 Å². The lowest BCUT2D eigenvalue weighted by Crippen LogP contribution is -2.02. The summed E-state index contributed by atoms with van der Waals surface area (Å²) in [5.74, 6) is 0.910. The van der Waals surface area contributed by atoms with Crippen molar-refractivity contribution in [2.24, 2.45) is 5.92 Å². The molecule has 1 atom stereocenters. The van der Waals surface area contributed by atoms with Crippen molar-refractivity contribution in [2.75, 3.05) is 0 Å². The standard InChI is InChI=1S/C13H17Br3S/c14-11(10-8-12(15)17-13(10)16)7-9-5-3-1-2-4-6-9/h8-9,11H,1-7H2. The molecule has 2 rings (SSSR count). The minimum Gasteiger partial charge on any atom is -0.121 e. The van der Waals surface area contributed by atoms with Gasteiger partial charge in [0.2, 0.25) is 0 Å². The van der Waals surface area contributed by atoms with E-state index in [1.54, 1.807) is 11.3 Å². The summed E-state index contributed by atoms with van der Waals surface area (Å²) in [5, 5.41) is 0. The first-order valence-electron chi connectivity index (χ1n) is 6.25. The Morgan fingerprint density at radius 3 is 2.35 bits per heavy atom. The molecular weight excluding hydrogens is 428 g/mol. The monoisotopic (exact) mass is 442 g/mol. The molecule has 0 saturated heterocycles. The summed E-state index contributed by atoms with van der Waals surface area (Å²) in [6.07, 6.45) is 9.86. The minimum absolute atomic E-state index is 0.502. The second-order valence-electron chi connectivity index (χ2n) is 4.84. The lowest BCUT2D eigenvalue weighted by Gasteiger charge is -2.17. The first-order chi connectivity index (χ1) is 8.16. The van der Waals surface area contributed by atoms with Gasteiger partial charge in [0.05, 0.1) is 7.57 Å². The van der Waals surface area contributed by atoms with Crippen LogP contribution in [0.3, 0.4) is 0 Å². The van der Waals surface area contributed by atoms with E-state index in [2.05, 4.69) is 53.9 Å². The zero-order chi connectivity index (χ0) is 12.3. The summed E-state index contributed by atoms with van der Waals surface area (Å²) in [4.78, 5) is 0.502. The Morgan fingerprint density at radius 1 is 1.18 bits per heavy atom. The van der Waals surface area contributed by atoms with Crippen LogP contribution in [0.5, 0.6) is 0 Å². The molecule has 1 heterocycles. The van der Waals surface area contributed by atoms with Crippen molar-refractivity contribution in [1.82, 2.24) is 0 Å². The van der Waals surface area contributed by atoms with Gasteiger partial charge < -0.3 is 0 Å². The van der Waals surface area contributed by atoms with Crippen molar-refractivity contribution in [3.8, 4) is 0 Å². The Hall–Kier alpha value is 1.14. The summed E-state index contributed by atoms with van der Waals surface area (Å²) in [6.45, 7) is 0. The van der Waals surface area contributed by atoms with Crippen LogP contribution in [0.25, 0.3) is 0 Å². The van der Waals surface area contributed by atoms with E-state index < -0.39 is 0 Å². The third kappa shape index (κ3) is 4.32. The van der Waals surface area contributed by atoms with Crippen LogP contribution in [0.15, 0.2) is 13.6 Å². The molecule has 1 aromatic rings. The first kappa shape index (κ1) is 14.5. The summed E-state index contributed by atoms with van der Waals surface area (Å²) >= 11 is 12.8. The average Bonchev–Trinajstić information content (AvgIpc) is 2.51. The molecule has 1 aliphatic rings. The largest absolute Gasteiger partial charge is 0.121 e. The Balaban J connectivity index is 1.95. The highest BCUT2D eigenvalue weighted by Crippen LogP contribution is 2.43. The van der Waals surface area contributed by atoms with Crippen LogP contribution in [0.1, 0.15) is 55.3 Å². The van der Waals surface area contributed by atoms with Gasteiger partial charge in [0.25, 0.3) is 0 Å². The molecule has 1 aliphatic carbocycles. The third-order valence-corrected chi connectivity index (χ3v) is 6.79. The quantitative estimate of drug-likeness (QED) is 0.345. The number of hydrogen-bond donors (Lipinski definition) is 0. The fraction of sp³-hybridized carbons (Fsp3) is 0.692. The Kier molecular flexibility index (Phi) is 6.05. The molecule has 1 aromatic heterocycles. The van der Waals surface area contributed by atoms with E-state index in [0.717, 1.165) is 5.92 Å². The molecule has 17 heavy (non-hydrogen) atoms. The molecule has 0 radical (unpaired) electrons. The van der Waals surface area contributed by atoms with Gasteiger partial charge >= 0.3 is 0 Å². The highest BCUT2D eigenvalue weighted by atomic mass is 79.9. The Morgan fingerprint density at radius 2 is 1.82 bits per heavy atom. The van der Waals surface area contributed by atoms with Gasteiger partial charge in [-0.05, 0) is 55.8 Å². The molecular formula is C13H17Br3S. The van der Waals surface area contributed by atoms with E-state index in [1.165, 1.54) is 58.1 Å². The molecule has 0 amide bonds. The van der Waals surface area contributed by atoms with Crippen molar-refractivity contribution in [3.63, 3.8) is 0 Å². The molecule has 0 spiro atoms. The smallest absolute Gasteiger partial charge is 0.0753 e.